The Hall–Kier alpha value is 0.310. The second-order valence-electron chi connectivity index (χ2n) is 3.29. The molecule has 1 heterocycles. The normalized spacial score (nSPS) is 27.3. The van der Waals surface area contributed by atoms with Crippen molar-refractivity contribution in [2.24, 2.45) is 0 Å². The van der Waals surface area contributed by atoms with Crippen molar-refractivity contribution >= 4 is 11.8 Å². The zero-order chi connectivity index (χ0) is 8.10. The maximum absolute atomic E-state index is 3.55. The van der Waals surface area contributed by atoms with E-state index in [2.05, 4.69) is 30.9 Å². The fourth-order valence-corrected chi connectivity index (χ4v) is 2.85. The van der Waals surface area contributed by atoms with Gasteiger partial charge in [-0.3, -0.25) is 0 Å². The van der Waals surface area contributed by atoms with E-state index >= 15 is 0 Å². The summed E-state index contributed by atoms with van der Waals surface area (Å²) in [6.07, 6.45) is 4.09. The summed E-state index contributed by atoms with van der Waals surface area (Å²) in [6.45, 7) is 5.72. The first kappa shape index (κ1) is 9.40. The second-order valence-corrected chi connectivity index (χ2v) is 4.64. The van der Waals surface area contributed by atoms with Gasteiger partial charge in [0.05, 0.1) is 0 Å². The molecule has 0 aromatic carbocycles. The Kier molecular flexibility index (Phi) is 4.31. The first-order valence-corrected chi connectivity index (χ1v) is 5.74. The van der Waals surface area contributed by atoms with Crippen LogP contribution in [0, 0.1) is 0 Å². The summed E-state index contributed by atoms with van der Waals surface area (Å²) < 4.78 is 0. The van der Waals surface area contributed by atoms with Gasteiger partial charge in [0.2, 0.25) is 0 Å². The van der Waals surface area contributed by atoms with Crippen molar-refractivity contribution < 1.29 is 0 Å². The maximum Gasteiger partial charge on any atom is 0.0198 e. The highest BCUT2D eigenvalue weighted by Crippen LogP contribution is 2.28. The standard InChI is InChI=1S/C9H19NS/c1-3-6-10-8(2)9-5-4-7-11-9/h8-10H,3-7H2,1-2H3. The lowest BCUT2D eigenvalue weighted by Gasteiger charge is -2.19. The van der Waals surface area contributed by atoms with Crippen LogP contribution in [0.4, 0.5) is 0 Å². The van der Waals surface area contributed by atoms with Crippen molar-refractivity contribution in [3.05, 3.63) is 0 Å². The highest BCUT2D eigenvalue weighted by atomic mass is 32.2. The topological polar surface area (TPSA) is 12.0 Å². The van der Waals surface area contributed by atoms with Gasteiger partial charge < -0.3 is 5.32 Å². The van der Waals surface area contributed by atoms with Crippen LogP contribution in [0.15, 0.2) is 0 Å². The van der Waals surface area contributed by atoms with Gasteiger partial charge in [0.15, 0.2) is 0 Å². The number of rotatable bonds is 4. The van der Waals surface area contributed by atoms with Crippen molar-refractivity contribution in [1.82, 2.24) is 5.32 Å². The quantitative estimate of drug-likeness (QED) is 0.700. The van der Waals surface area contributed by atoms with E-state index in [1.54, 1.807) is 0 Å². The highest BCUT2D eigenvalue weighted by molar-refractivity contribution is 8.00. The molecule has 0 saturated carbocycles. The van der Waals surface area contributed by atoms with Gasteiger partial charge in [-0.1, -0.05) is 6.92 Å². The highest BCUT2D eigenvalue weighted by Gasteiger charge is 2.20. The molecule has 0 spiro atoms. The Morgan fingerprint density at radius 3 is 3.00 bits per heavy atom. The molecule has 2 atom stereocenters. The average molecular weight is 173 g/mol. The fraction of sp³-hybridized carbons (Fsp3) is 1.00. The van der Waals surface area contributed by atoms with Crippen LogP contribution < -0.4 is 5.32 Å². The summed E-state index contributed by atoms with van der Waals surface area (Å²) >= 11 is 2.14. The minimum absolute atomic E-state index is 0.724. The van der Waals surface area contributed by atoms with E-state index in [-0.39, 0.29) is 0 Å². The average Bonchev–Trinajstić information content (AvgIpc) is 2.52. The minimum atomic E-state index is 0.724. The third-order valence-corrected chi connectivity index (χ3v) is 3.84. The lowest BCUT2D eigenvalue weighted by molar-refractivity contribution is 0.517. The zero-order valence-corrected chi connectivity index (χ0v) is 8.41. The molecule has 0 aromatic heterocycles. The predicted octanol–water partition coefficient (Wildman–Crippen LogP) is 2.27. The summed E-state index contributed by atoms with van der Waals surface area (Å²) in [5.41, 5.74) is 0. The Balaban J connectivity index is 2.12. The van der Waals surface area contributed by atoms with Crippen LogP contribution in [-0.2, 0) is 0 Å². The van der Waals surface area contributed by atoms with Gasteiger partial charge in [-0.2, -0.15) is 11.8 Å². The molecule has 0 aromatic rings. The smallest absolute Gasteiger partial charge is 0.0198 e. The molecule has 0 aliphatic carbocycles. The van der Waals surface area contributed by atoms with Gasteiger partial charge in [0, 0.05) is 11.3 Å². The summed E-state index contributed by atoms with van der Waals surface area (Å²) in [6, 6.07) is 0.724. The van der Waals surface area contributed by atoms with Crippen molar-refractivity contribution in [3.8, 4) is 0 Å². The molecule has 1 aliphatic heterocycles. The van der Waals surface area contributed by atoms with Gasteiger partial charge >= 0.3 is 0 Å². The molecule has 0 radical (unpaired) electrons. The Labute approximate surface area is 74.3 Å². The van der Waals surface area contributed by atoms with Gasteiger partial charge in [0.1, 0.15) is 0 Å². The van der Waals surface area contributed by atoms with Crippen molar-refractivity contribution in [2.45, 2.75) is 44.4 Å². The maximum atomic E-state index is 3.55. The van der Waals surface area contributed by atoms with Gasteiger partial charge in [-0.05, 0) is 38.5 Å². The van der Waals surface area contributed by atoms with Crippen molar-refractivity contribution in [2.75, 3.05) is 12.3 Å². The molecule has 66 valence electrons. The van der Waals surface area contributed by atoms with Gasteiger partial charge in [0.25, 0.3) is 0 Å². The second kappa shape index (κ2) is 5.04. The molecule has 1 saturated heterocycles. The van der Waals surface area contributed by atoms with Crippen LogP contribution in [0.5, 0.6) is 0 Å². The summed E-state index contributed by atoms with van der Waals surface area (Å²) in [4.78, 5) is 0. The summed E-state index contributed by atoms with van der Waals surface area (Å²) in [7, 11) is 0. The van der Waals surface area contributed by atoms with Crippen LogP contribution in [0.25, 0.3) is 0 Å². The summed E-state index contributed by atoms with van der Waals surface area (Å²) in [5, 5.41) is 4.44. The Morgan fingerprint density at radius 2 is 2.45 bits per heavy atom. The van der Waals surface area contributed by atoms with E-state index in [9.17, 15) is 0 Å². The molecule has 1 fully saturated rings. The number of hydrogen-bond donors (Lipinski definition) is 1. The molecule has 2 heteroatoms. The monoisotopic (exact) mass is 173 g/mol. The zero-order valence-electron chi connectivity index (χ0n) is 7.60. The van der Waals surface area contributed by atoms with E-state index < -0.39 is 0 Å². The van der Waals surface area contributed by atoms with E-state index in [4.69, 9.17) is 0 Å². The molecule has 0 bridgehead atoms. The van der Waals surface area contributed by atoms with Crippen LogP contribution in [0.2, 0.25) is 0 Å². The number of hydrogen-bond acceptors (Lipinski definition) is 2. The third-order valence-electron chi connectivity index (χ3n) is 2.24. The Bertz CT molecular complexity index is 99.7. The largest absolute Gasteiger partial charge is 0.313 e. The van der Waals surface area contributed by atoms with Crippen LogP contribution in [0.1, 0.15) is 33.1 Å². The fourth-order valence-electron chi connectivity index (χ4n) is 1.50. The number of thioether (sulfide) groups is 1. The molecule has 11 heavy (non-hydrogen) atoms. The van der Waals surface area contributed by atoms with Gasteiger partial charge in [-0.15, -0.1) is 0 Å². The molecular weight excluding hydrogens is 154 g/mol. The van der Waals surface area contributed by atoms with E-state index in [0.717, 1.165) is 11.3 Å². The van der Waals surface area contributed by atoms with Gasteiger partial charge in [-0.25, -0.2) is 0 Å². The molecule has 1 N–H and O–H groups in total. The van der Waals surface area contributed by atoms with Crippen LogP contribution >= 0.6 is 11.8 Å². The van der Waals surface area contributed by atoms with E-state index in [0.29, 0.717) is 0 Å². The van der Waals surface area contributed by atoms with Crippen molar-refractivity contribution in [1.29, 1.82) is 0 Å². The minimum Gasteiger partial charge on any atom is -0.313 e. The molecule has 1 aliphatic rings. The van der Waals surface area contributed by atoms with E-state index in [1.807, 2.05) is 0 Å². The third kappa shape index (κ3) is 3.04. The molecular formula is C9H19NS. The molecule has 0 amide bonds. The lowest BCUT2D eigenvalue weighted by atomic mass is 10.1. The summed E-state index contributed by atoms with van der Waals surface area (Å²) in [5.74, 6) is 1.38. The Morgan fingerprint density at radius 1 is 1.64 bits per heavy atom. The SMILES string of the molecule is CCCNC(C)C1CCCS1. The first-order chi connectivity index (χ1) is 5.34. The molecule has 1 nitrogen and oxygen atoms in total. The van der Waals surface area contributed by atoms with Crippen molar-refractivity contribution in [3.63, 3.8) is 0 Å². The molecule has 1 rings (SSSR count). The van der Waals surface area contributed by atoms with Crippen LogP contribution in [0.3, 0.4) is 0 Å². The van der Waals surface area contributed by atoms with Crippen LogP contribution in [-0.4, -0.2) is 23.6 Å². The predicted molar refractivity (Wildman–Crippen MR) is 53.2 cm³/mol. The molecule has 2 unspecified atom stereocenters. The van der Waals surface area contributed by atoms with E-state index in [1.165, 1.54) is 31.6 Å². The first-order valence-electron chi connectivity index (χ1n) is 4.69. The lowest BCUT2D eigenvalue weighted by Crippen LogP contribution is -2.34. The number of nitrogens with one attached hydrogen (secondary N) is 1.